The SMILES string of the molecule is COC(=O)C[C@@]1(CC(=O)O)CC[C@@H](C)C1.COC(=O)C[C@@]1(CN=C=O)CC[C@@H](C)C1.COC(=O)C[C@@]1(CNC(=O)OC)CC[C@@H](C)C1.COC(=O)C[C@@]1(Cc2ccccc2)CC[C@@H](C)C1.C[C@@H]1CC[C@@](CC(=O)O)(Cc2ccccc2)C1.C[C@@H]1CC[C@](CN)(CC(=O)O)C1.Cl. The number of isocyanates is 1. The number of hydrogen-bond acceptors (Lipinski definition) is 16. The first-order valence-electron chi connectivity index (χ1n) is 34.0. The Labute approximate surface area is 571 Å². The molecule has 12 atom stereocenters. The molecule has 6 fully saturated rings. The van der Waals surface area contributed by atoms with Gasteiger partial charge in [0.25, 0.3) is 0 Å². The maximum Gasteiger partial charge on any atom is 0.406 e. The Morgan fingerprint density at radius 2 is 0.726 bits per heavy atom. The molecule has 2 aromatic carbocycles. The number of nitrogens with zero attached hydrogens (tertiary/aromatic N) is 1. The van der Waals surface area contributed by atoms with Crippen LogP contribution in [0, 0.1) is 68.0 Å². The summed E-state index contributed by atoms with van der Waals surface area (Å²) in [6.45, 7) is 14.5. The highest BCUT2D eigenvalue weighted by Gasteiger charge is 2.45. The average molecular weight is 1360 g/mol. The van der Waals surface area contributed by atoms with Gasteiger partial charge in [0.05, 0.1) is 87.0 Å². The van der Waals surface area contributed by atoms with Gasteiger partial charge in [-0.3, -0.25) is 33.6 Å². The second-order valence-electron chi connectivity index (χ2n) is 29.6. The molecule has 0 bridgehead atoms. The monoisotopic (exact) mass is 1350 g/mol. The van der Waals surface area contributed by atoms with E-state index in [9.17, 15) is 43.2 Å². The van der Waals surface area contributed by atoms with E-state index in [2.05, 4.69) is 102 Å². The van der Waals surface area contributed by atoms with Crippen LogP contribution in [0.4, 0.5) is 4.79 Å². The van der Waals surface area contributed by atoms with Gasteiger partial charge < -0.3 is 50.1 Å². The number of alkyl carbamates (subject to hydrolysis) is 1. The minimum absolute atomic E-state index is 0. The Bertz CT molecular complexity index is 2710. The van der Waals surface area contributed by atoms with Crippen LogP contribution in [-0.4, -0.2) is 124 Å². The standard InChI is InChI=1S/C16H22O2.C15H20O2.C12H21NO4.C11H17NO3.C11H18O4.C9H17NO2.ClH/c1-13-8-9-16(10-13,12-15(17)18-2)11-14-6-4-3-5-7-14;1-12-7-8-15(9-12,11-14(16)17)10-13-5-3-2-4-6-13;1-9-4-5-12(6-9,7-10(14)16-2)8-13-11(15)17-3;1-9-3-4-11(5-9,7-12-8-13)6-10(14)15-2;1-8-3-4-11(5-8,6-9(12)13)7-10(14)15-2;1-7-2-3-9(4-7,6-10)5-8(11)12;/h3-7,13H,8-12H2,1-2H3;2-6,12H,7-11H2,1H3,(H,16,17);9H,4-8H2,1-3H3,(H,13,15);9H,3-7H2,1-2H3;8H,3-7H2,1-2H3,(H,12,13);7H,2-6,10H2,1H3,(H,11,12);1H/t13-,16+;12-,15+;9-,12-;9-,11-;8-,11+;7-,9-;/m111111./s1. The highest BCUT2D eigenvalue weighted by atomic mass is 35.5. The summed E-state index contributed by atoms with van der Waals surface area (Å²) < 4.78 is 23.4. The summed E-state index contributed by atoms with van der Waals surface area (Å²) in [7, 11) is 6.94. The molecule has 536 valence electrons. The Morgan fingerprint density at radius 1 is 0.442 bits per heavy atom. The van der Waals surface area contributed by atoms with Crippen LogP contribution in [0.25, 0.3) is 0 Å². The van der Waals surface area contributed by atoms with E-state index in [1.165, 1.54) is 59.5 Å². The predicted octanol–water partition coefficient (Wildman–Crippen LogP) is 14.0. The quantitative estimate of drug-likeness (QED) is 0.0299. The summed E-state index contributed by atoms with van der Waals surface area (Å²) in [5.74, 6) is 0.716. The normalized spacial score (nSPS) is 29.0. The molecule has 20 nitrogen and oxygen atoms in total. The number of halogens is 1. The molecule has 6 saturated carbocycles. The molecule has 95 heavy (non-hydrogen) atoms. The maximum atomic E-state index is 11.6. The molecule has 8 rings (SSSR count). The van der Waals surface area contributed by atoms with Gasteiger partial charge in [-0.15, -0.1) is 12.4 Å². The number of nitrogens with two attached hydrogens (primary N) is 1. The van der Waals surface area contributed by atoms with Crippen molar-refractivity contribution in [3.63, 3.8) is 0 Å². The predicted molar refractivity (Wildman–Crippen MR) is 366 cm³/mol. The Morgan fingerprint density at radius 3 is 1.04 bits per heavy atom. The van der Waals surface area contributed by atoms with Crippen molar-refractivity contribution in [1.29, 1.82) is 0 Å². The van der Waals surface area contributed by atoms with Crippen LogP contribution < -0.4 is 11.1 Å². The third kappa shape index (κ3) is 30.7. The van der Waals surface area contributed by atoms with Crippen molar-refractivity contribution in [1.82, 2.24) is 5.32 Å². The van der Waals surface area contributed by atoms with E-state index in [0.717, 1.165) is 121 Å². The number of carboxylic acids is 3. The van der Waals surface area contributed by atoms with Crippen molar-refractivity contribution in [3.05, 3.63) is 71.8 Å². The number of aliphatic imine (C=N–C) groups is 1. The average Bonchev–Trinajstić information content (AvgIpc) is 1.80. The Balaban J connectivity index is 0.000000389. The number of esters is 4. The zero-order valence-electron chi connectivity index (χ0n) is 58.9. The molecular weight excluding hydrogens is 1240 g/mol. The van der Waals surface area contributed by atoms with Crippen molar-refractivity contribution in [2.75, 3.05) is 55.2 Å². The Kier molecular flexibility index (Phi) is 37.2. The number of hydrogen-bond donors (Lipinski definition) is 5. The lowest BCUT2D eigenvalue weighted by atomic mass is 9.76. The van der Waals surface area contributed by atoms with Crippen LogP contribution in [0.15, 0.2) is 65.7 Å². The number of rotatable bonds is 23. The number of aliphatic carboxylic acids is 3. The highest BCUT2D eigenvalue weighted by molar-refractivity contribution is 5.85. The molecule has 0 aromatic heterocycles. The van der Waals surface area contributed by atoms with Gasteiger partial charge in [-0.1, -0.05) is 141 Å². The molecule has 6 aliphatic carbocycles. The summed E-state index contributed by atoms with van der Waals surface area (Å²) in [6, 6.07) is 20.8. The molecular formula is C74H116ClN3O17. The van der Waals surface area contributed by atoms with Gasteiger partial charge in [-0.2, -0.15) is 0 Å². The fourth-order valence-corrected chi connectivity index (χ4v) is 16.4. The summed E-state index contributed by atoms with van der Waals surface area (Å²) in [4.78, 5) is 103. The molecule has 21 heteroatoms. The number of amides is 1. The molecule has 0 saturated heterocycles. The first-order chi connectivity index (χ1) is 44.4. The van der Waals surface area contributed by atoms with Gasteiger partial charge in [0.1, 0.15) is 0 Å². The van der Waals surface area contributed by atoms with Gasteiger partial charge in [-0.05, 0) is 170 Å². The molecule has 0 heterocycles. The zero-order chi connectivity index (χ0) is 70.2. The first-order valence-corrected chi connectivity index (χ1v) is 34.0. The van der Waals surface area contributed by atoms with Crippen molar-refractivity contribution in [3.8, 4) is 0 Å². The van der Waals surface area contributed by atoms with Crippen LogP contribution in [-0.2, 0) is 74.9 Å². The lowest BCUT2D eigenvalue weighted by molar-refractivity contribution is -0.147. The fraction of sp³-hybridized carbons (Fsp3) is 0.716. The van der Waals surface area contributed by atoms with E-state index in [1.54, 1.807) is 6.08 Å². The second kappa shape index (κ2) is 41.7. The van der Waals surface area contributed by atoms with E-state index in [-0.39, 0.29) is 88.0 Å². The topological polar surface area (TPSA) is 311 Å². The number of benzene rings is 2. The van der Waals surface area contributed by atoms with Gasteiger partial charge in [0.2, 0.25) is 6.08 Å². The van der Waals surface area contributed by atoms with Gasteiger partial charge in [-0.25, -0.2) is 14.6 Å². The zero-order valence-corrected chi connectivity index (χ0v) is 59.8. The summed E-state index contributed by atoms with van der Waals surface area (Å²) in [6.07, 6.45) is 23.6. The van der Waals surface area contributed by atoms with Crippen molar-refractivity contribution in [2.24, 2.45) is 78.7 Å². The molecule has 0 unspecified atom stereocenters. The molecule has 0 aliphatic heterocycles. The highest BCUT2D eigenvalue weighted by Crippen LogP contribution is 2.50. The minimum atomic E-state index is -0.826. The minimum Gasteiger partial charge on any atom is -0.481 e. The van der Waals surface area contributed by atoms with Gasteiger partial charge in [0.15, 0.2) is 0 Å². The number of methoxy groups -OCH3 is 5. The van der Waals surface area contributed by atoms with Crippen molar-refractivity contribution in [2.45, 2.75) is 215 Å². The largest absolute Gasteiger partial charge is 0.481 e. The number of nitrogens with one attached hydrogen (secondary N) is 1. The molecule has 1 amide bonds. The van der Waals surface area contributed by atoms with Crippen LogP contribution in [0.3, 0.4) is 0 Å². The molecule has 6 N–H and O–H groups in total. The second-order valence-corrected chi connectivity index (χ2v) is 29.6. The van der Waals surface area contributed by atoms with E-state index >= 15 is 0 Å². The third-order valence-electron chi connectivity index (χ3n) is 20.8. The van der Waals surface area contributed by atoms with Crippen molar-refractivity contribution >= 4 is 66.4 Å². The van der Waals surface area contributed by atoms with Crippen molar-refractivity contribution < 1.29 is 82.2 Å². The summed E-state index contributed by atoms with van der Waals surface area (Å²) in [5, 5.41) is 29.4. The molecule has 6 aliphatic rings. The smallest absolute Gasteiger partial charge is 0.406 e. The lowest BCUT2D eigenvalue weighted by Crippen LogP contribution is -2.37. The van der Waals surface area contributed by atoms with E-state index < -0.39 is 24.0 Å². The first kappa shape index (κ1) is 84.7. The maximum absolute atomic E-state index is 11.6. The van der Waals surface area contributed by atoms with E-state index in [4.69, 9.17) is 30.5 Å². The van der Waals surface area contributed by atoms with Crippen LogP contribution >= 0.6 is 12.4 Å². The van der Waals surface area contributed by atoms with E-state index in [1.807, 2.05) is 24.3 Å². The third-order valence-corrected chi connectivity index (χ3v) is 20.8. The van der Waals surface area contributed by atoms with Crippen LogP contribution in [0.2, 0.25) is 0 Å². The van der Waals surface area contributed by atoms with Gasteiger partial charge >= 0.3 is 47.9 Å². The fourth-order valence-electron chi connectivity index (χ4n) is 16.4. The number of carbonyl (C=O) groups is 8. The molecule has 2 aromatic rings. The van der Waals surface area contributed by atoms with Crippen LogP contribution in [0.1, 0.15) is 213 Å². The number of carboxylic acid groups (broad SMARTS) is 3. The Hall–Kier alpha value is -6.37. The molecule has 0 spiro atoms. The summed E-state index contributed by atoms with van der Waals surface area (Å²) in [5.41, 5.74) is 7.54. The number of carbonyl (C=O) groups excluding carboxylic acids is 6. The van der Waals surface area contributed by atoms with Crippen LogP contribution in [0.5, 0.6) is 0 Å². The lowest BCUT2D eigenvalue weighted by Gasteiger charge is -2.28. The molecule has 0 radical (unpaired) electrons. The number of ether oxygens (including phenoxy) is 5. The van der Waals surface area contributed by atoms with Gasteiger partial charge in [0, 0.05) is 12.0 Å². The van der Waals surface area contributed by atoms with E-state index in [0.29, 0.717) is 74.9 Å². The summed E-state index contributed by atoms with van der Waals surface area (Å²) >= 11 is 0.